The summed E-state index contributed by atoms with van der Waals surface area (Å²) in [6, 6.07) is 6.84. The van der Waals surface area contributed by atoms with Crippen molar-refractivity contribution < 1.29 is 4.74 Å². The maximum Gasteiger partial charge on any atom is 0.122 e. The van der Waals surface area contributed by atoms with E-state index in [-0.39, 0.29) is 0 Å². The standard InChI is InChI=1S/C14H18O/c1-2-4-11(5-3-1)12-6-7-14-13(10-12)8-9-15-14/h6-7,10-11H,1-5,8-9H2. The third-order valence-corrected chi connectivity index (χ3v) is 3.79. The minimum absolute atomic E-state index is 0.824. The second-order valence-corrected chi connectivity index (χ2v) is 4.80. The summed E-state index contributed by atoms with van der Waals surface area (Å²) in [6.45, 7) is 0.878. The fourth-order valence-electron chi connectivity index (χ4n) is 2.90. The van der Waals surface area contributed by atoms with Crippen LogP contribution in [0.1, 0.15) is 49.1 Å². The van der Waals surface area contributed by atoms with Gasteiger partial charge in [0.1, 0.15) is 5.75 Å². The molecule has 1 aliphatic carbocycles. The number of benzene rings is 1. The van der Waals surface area contributed by atoms with Gasteiger partial charge in [0.15, 0.2) is 0 Å². The van der Waals surface area contributed by atoms with Crippen molar-refractivity contribution in [3.63, 3.8) is 0 Å². The Morgan fingerprint density at radius 1 is 1.07 bits per heavy atom. The van der Waals surface area contributed by atoms with E-state index >= 15 is 0 Å². The van der Waals surface area contributed by atoms with Gasteiger partial charge in [-0.1, -0.05) is 31.4 Å². The predicted octanol–water partition coefficient (Wildman–Crippen LogP) is 3.67. The molecular formula is C14H18O. The molecule has 1 heteroatoms. The van der Waals surface area contributed by atoms with Gasteiger partial charge in [0, 0.05) is 6.42 Å². The number of hydrogen-bond donors (Lipinski definition) is 0. The summed E-state index contributed by atoms with van der Waals surface area (Å²) >= 11 is 0. The number of fused-ring (bicyclic) bond motifs is 1. The van der Waals surface area contributed by atoms with Crippen LogP contribution in [0.25, 0.3) is 0 Å². The van der Waals surface area contributed by atoms with Gasteiger partial charge in [-0.2, -0.15) is 0 Å². The van der Waals surface area contributed by atoms with Crippen molar-refractivity contribution in [1.29, 1.82) is 0 Å². The number of hydrogen-bond acceptors (Lipinski definition) is 1. The summed E-state index contributed by atoms with van der Waals surface area (Å²) in [7, 11) is 0. The van der Waals surface area contributed by atoms with Gasteiger partial charge in [0.25, 0.3) is 0 Å². The lowest BCUT2D eigenvalue weighted by Gasteiger charge is -2.22. The summed E-state index contributed by atoms with van der Waals surface area (Å²) in [4.78, 5) is 0. The first-order valence-electron chi connectivity index (χ1n) is 6.19. The zero-order valence-electron chi connectivity index (χ0n) is 9.17. The second kappa shape index (κ2) is 3.88. The van der Waals surface area contributed by atoms with Gasteiger partial charge in [0.05, 0.1) is 6.61 Å². The van der Waals surface area contributed by atoms with Crippen LogP contribution >= 0.6 is 0 Å². The highest BCUT2D eigenvalue weighted by Crippen LogP contribution is 2.35. The average Bonchev–Trinajstić information content (AvgIpc) is 2.77. The van der Waals surface area contributed by atoms with Crippen LogP contribution in [0, 0.1) is 0 Å². The van der Waals surface area contributed by atoms with Crippen molar-refractivity contribution in [3.05, 3.63) is 29.3 Å². The average molecular weight is 202 g/mol. The van der Waals surface area contributed by atoms with Gasteiger partial charge in [-0.25, -0.2) is 0 Å². The van der Waals surface area contributed by atoms with Crippen molar-refractivity contribution in [3.8, 4) is 5.75 Å². The molecule has 1 heterocycles. The fourth-order valence-corrected chi connectivity index (χ4v) is 2.90. The second-order valence-electron chi connectivity index (χ2n) is 4.80. The molecule has 0 N–H and O–H groups in total. The Hall–Kier alpha value is -0.980. The lowest BCUT2D eigenvalue weighted by Crippen LogP contribution is -2.04. The lowest BCUT2D eigenvalue weighted by molar-refractivity contribution is 0.356. The third-order valence-electron chi connectivity index (χ3n) is 3.79. The van der Waals surface area contributed by atoms with Crippen LogP contribution < -0.4 is 4.74 Å². The minimum Gasteiger partial charge on any atom is -0.493 e. The van der Waals surface area contributed by atoms with E-state index in [0.29, 0.717) is 0 Å². The first-order chi connectivity index (χ1) is 7.43. The smallest absolute Gasteiger partial charge is 0.122 e. The molecule has 0 spiro atoms. The summed E-state index contributed by atoms with van der Waals surface area (Å²) in [6.07, 6.45) is 8.15. The Morgan fingerprint density at radius 3 is 2.80 bits per heavy atom. The molecule has 15 heavy (non-hydrogen) atoms. The SMILES string of the molecule is c1cc2c(cc1C1CCCCC1)CCO2. The maximum absolute atomic E-state index is 5.54. The quantitative estimate of drug-likeness (QED) is 0.675. The van der Waals surface area contributed by atoms with Crippen LogP contribution in [0.2, 0.25) is 0 Å². The monoisotopic (exact) mass is 202 g/mol. The molecule has 0 amide bonds. The molecule has 1 fully saturated rings. The van der Waals surface area contributed by atoms with Crippen LogP contribution in [0.15, 0.2) is 18.2 Å². The summed E-state index contributed by atoms with van der Waals surface area (Å²) in [5.41, 5.74) is 2.98. The van der Waals surface area contributed by atoms with E-state index in [1.807, 2.05) is 0 Å². The first-order valence-corrected chi connectivity index (χ1v) is 6.19. The van der Waals surface area contributed by atoms with Crippen molar-refractivity contribution in [2.75, 3.05) is 6.61 Å². The molecule has 1 nitrogen and oxygen atoms in total. The van der Waals surface area contributed by atoms with E-state index in [9.17, 15) is 0 Å². The van der Waals surface area contributed by atoms with E-state index in [1.165, 1.54) is 37.7 Å². The zero-order valence-corrected chi connectivity index (χ0v) is 9.17. The molecule has 0 atom stereocenters. The normalized spacial score (nSPS) is 21.1. The van der Waals surface area contributed by atoms with E-state index < -0.39 is 0 Å². The fraction of sp³-hybridized carbons (Fsp3) is 0.571. The largest absolute Gasteiger partial charge is 0.493 e. The van der Waals surface area contributed by atoms with Crippen LogP contribution in [0.5, 0.6) is 5.75 Å². The molecular weight excluding hydrogens is 184 g/mol. The molecule has 3 rings (SSSR count). The molecule has 0 unspecified atom stereocenters. The van der Waals surface area contributed by atoms with Gasteiger partial charge >= 0.3 is 0 Å². The van der Waals surface area contributed by atoms with Gasteiger partial charge in [0.2, 0.25) is 0 Å². The molecule has 1 aliphatic heterocycles. The first kappa shape index (κ1) is 9.26. The Morgan fingerprint density at radius 2 is 1.93 bits per heavy atom. The van der Waals surface area contributed by atoms with Crippen molar-refractivity contribution >= 4 is 0 Å². The van der Waals surface area contributed by atoms with E-state index in [2.05, 4.69) is 18.2 Å². The molecule has 1 aromatic rings. The van der Waals surface area contributed by atoms with Gasteiger partial charge in [-0.05, 0) is 36.0 Å². The highest BCUT2D eigenvalue weighted by atomic mass is 16.5. The molecule has 1 aromatic carbocycles. The third kappa shape index (κ3) is 1.75. The van der Waals surface area contributed by atoms with Crippen molar-refractivity contribution in [1.82, 2.24) is 0 Å². The molecule has 80 valence electrons. The highest BCUT2D eigenvalue weighted by molar-refractivity contribution is 5.41. The molecule has 2 aliphatic rings. The molecule has 0 saturated heterocycles. The zero-order chi connectivity index (χ0) is 10.1. The minimum atomic E-state index is 0.824. The Kier molecular flexibility index (Phi) is 2.40. The Balaban J connectivity index is 1.85. The van der Waals surface area contributed by atoms with Crippen molar-refractivity contribution in [2.45, 2.75) is 44.4 Å². The summed E-state index contributed by atoms with van der Waals surface area (Å²) in [5.74, 6) is 1.94. The topological polar surface area (TPSA) is 9.23 Å². The van der Waals surface area contributed by atoms with Crippen LogP contribution in [-0.2, 0) is 6.42 Å². The predicted molar refractivity (Wildman–Crippen MR) is 61.5 cm³/mol. The van der Waals surface area contributed by atoms with Gasteiger partial charge in [-0.15, -0.1) is 0 Å². The van der Waals surface area contributed by atoms with Crippen LogP contribution in [0.3, 0.4) is 0 Å². The number of rotatable bonds is 1. The van der Waals surface area contributed by atoms with Gasteiger partial charge in [-0.3, -0.25) is 0 Å². The van der Waals surface area contributed by atoms with Crippen molar-refractivity contribution in [2.24, 2.45) is 0 Å². The highest BCUT2D eigenvalue weighted by Gasteiger charge is 2.18. The van der Waals surface area contributed by atoms with Crippen LogP contribution in [-0.4, -0.2) is 6.61 Å². The molecule has 0 bridgehead atoms. The molecule has 0 aromatic heterocycles. The molecule has 0 radical (unpaired) electrons. The number of ether oxygens (including phenoxy) is 1. The van der Waals surface area contributed by atoms with Gasteiger partial charge < -0.3 is 4.74 Å². The van der Waals surface area contributed by atoms with E-state index in [4.69, 9.17) is 4.74 Å². The van der Waals surface area contributed by atoms with Crippen LogP contribution in [0.4, 0.5) is 0 Å². The van der Waals surface area contributed by atoms with E-state index in [1.54, 1.807) is 5.56 Å². The Labute approximate surface area is 91.5 Å². The Bertz CT molecular complexity index is 350. The summed E-state index contributed by atoms with van der Waals surface area (Å²) in [5, 5.41) is 0. The summed E-state index contributed by atoms with van der Waals surface area (Å²) < 4.78 is 5.54. The molecule has 1 saturated carbocycles. The van der Waals surface area contributed by atoms with E-state index in [0.717, 1.165) is 24.7 Å². The maximum atomic E-state index is 5.54. The lowest BCUT2D eigenvalue weighted by atomic mass is 9.83.